The molecule has 0 spiro atoms. The maximum atomic E-state index is 12.0. The molecule has 110 valence electrons. The van der Waals surface area contributed by atoms with Gasteiger partial charge in [0.1, 0.15) is 6.10 Å². The van der Waals surface area contributed by atoms with Gasteiger partial charge in [0, 0.05) is 4.88 Å². The molecule has 0 saturated heterocycles. The molecule has 2 atom stereocenters. The van der Waals surface area contributed by atoms with Gasteiger partial charge in [-0.1, -0.05) is 13.3 Å². The van der Waals surface area contributed by atoms with E-state index in [1.54, 1.807) is 0 Å². The molecule has 5 nitrogen and oxygen atoms in total. The molecule has 0 aliphatic heterocycles. The first-order chi connectivity index (χ1) is 9.51. The van der Waals surface area contributed by atoms with Crippen LogP contribution in [-0.2, 0) is 17.6 Å². The lowest BCUT2D eigenvalue weighted by atomic mass is 9.87. The van der Waals surface area contributed by atoms with Crippen LogP contribution in [-0.4, -0.2) is 29.6 Å². The van der Waals surface area contributed by atoms with Gasteiger partial charge in [0.2, 0.25) is 5.91 Å². The second-order valence-corrected chi connectivity index (χ2v) is 6.34. The number of primary amides is 1. The fourth-order valence-corrected chi connectivity index (χ4v) is 3.56. The third-order valence-electron chi connectivity index (χ3n) is 3.77. The average Bonchev–Trinajstić information content (AvgIpc) is 2.86. The molecular formula is C14H20N2O3S. The van der Waals surface area contributed by atoms with Gasteiger partial charge >= 0.3 is 0 Å². The standard InChI is InChI=1S/C14H20N2O3S/c1-2-8-3-4-11-9(5-8)6-12(20-11)14(19)16-7-10(17)13(15)18/h6,8,10,17H,2-5,7H2,1H3,(H2,15,18)(H,16,19). The van der Waals surface area contributed by atoms with E-state index < -0.39 is 12.0 Å². The van der Waals surface area contributed by atoms with Gasteiger partial charge < -0.3 is 16.2 Å². The number of fused-ring (bicyclic) bond motifs is 1. The molecular weight excluding hydrogens is 276 g/mol. The maximum Gasteiger partial charge on any atom is 0.261 e. The van der Waals surface area contributed by atoms with E-state index in [0.717, 1.165) is 12.8 Å². The van der Waals surface area contributed by atoms with Crippen LogP contribution in [0.1, 0.15) is 39.9 Å². The number of aliphatic hydroxyl groups is 1. The molecule has 0 fully saturated rings. The first kappa shape index (κ1) is 15.0. The van der Waals surface area contributed by atoms with Crippen LogP contribution in [0.2, 0.25) is 0 Å². The predicted octanol–water partition coefficient (Wildman–Crippen LogP) is 0.839. The number of hydrogen-bond acceptors (Lipinski definition) is 4. The van der Waals surface area contributed by atoms with Crippen molar-refractivity contribution in [1.29, 1.82) is 0 Å². The lowest BCUT2D eigenvalue weighted by Crippen LogP contribution is -2.39. The van der Waals surface area contributed by atoms with Gasteiger partial charge in [-0.3, -0.25) is 9.59 Å². The summed E-state index contributed by atoms with van der Waals surface area (Å²) in [5, 5.41) is 11.8. The van der Waals surface area contributed by atoms with Crippen LogP contribution in [0, 0.1) is 5.92 Å². The Morgan fingerprint density at radius 3 is 3.00 bits per heavy atom. The Morgan fingerprint density at radius 2 is 2.35 bits per heavy atom. The van der Waals surface area contributed by atoms with Gasteiger partial charge in [-0.15, -0.1) is 11.3 Å². The zero-order chi connectivity index (χ0) is 14.7. The van der Waals surface area contributed by atoms with Crippen molar-refractivity contribution >= 4 is 23.2 Å². The molecule has 20 heavy (non-hydrogen) atoms. The molecule has 0 aromatic carbocycles. The SMILES string of the molecule is CCC1CCc2sc(C(=O)NCC(O)C(N)=O)cc2C1. The van der Waals surface area contributed by atoms with Gasteiger partial charge in [0.25, 0.3) is 5.91 Å². The van der Waals surface area contributed by atoms with Crippen molar-refractivity contribution in [2.75, 3.05) is 6.54 Å². The minimum absolute atomic E-state index is 0.145. The lowest BCUT2D eigenvalue weighted by molar-refractivity contribution is -0.125. The van der Waals surface area contributed by atoms with E-state index in [9.17, 15) is 14.7 Å². The molecule has 2 amide bonds. The Balaban J connectivity index is 1.98. The van der Waals surface area contributed by atoms with E-state index in [-0.39, 0.29) is 12.5 Å². The average molecular weight is 296 g/mol. The van der Waals surface area contributed by atoms with Crippen molar-refractivity contribution in [3.8, 4) is 0 Å². The normalized spacial score (nSPS) is 19.2. The van der Waals surface area contributed by atoms with Gasteiger partial charge in [0.05, 0.1) is 11.4 Å². The number of nitrogens with two attached hydrogens (primary N) is 1. The molecule has 1 aliphatic rings. The van der Waals surface area contributed by atoms with Crippen molar-refractivity contribution in [3.63, 3.8) is 0 Å². The number of rotatable bonds is 5. The molecule has 0 saturated carbocycles. The van der Waals surface area contributed by atoms with E-state index in [2.05, 4.69) is 12.2 Å². The van der Waals surface area contributed by atoms with Crippen LogP contribution in [0.4, 0.5) is 0 Å². The van der Waals surface area contributed by atoms with E-state index in [4.69, 9.17) is 5.73 Å². The van der Waals surface area contributed by atoms with Crippen molar-refractivity contribution in [3.05, 3.63) is 21.4 Å². The van der Waals surface area contributed by atoms with Gasteiger partial charge in [-0.05, 0) is 36.8 Å². The molecule has 4 N–H and O–H groups in total. The third kappa shape index (κ3) is 3.37. The maximum absolute atomic E-state index is 12.0. The molecule has 1 aromatic rings. The minimum atomic E-state index is -1.34. The second-order valence-electron chi connectivity index (χ2n) is 5.20. The molecule has 1 aromatic heterocycles. The number of hydrogen-bond donors (Lipinski definition) is 3. The quantitative estimate of drug-likeness (QED) is 0.751. The topological polar surface area (TPSA) is 92.4 Å². The molecule has 2 unspecified atom stereocenters. The fraction of sp³-hybridized carbons (Fsp3) is 0.571. The van der Waals surface area contributed by atoms with Gasteiger partial charge in [0.15, 0.2) is 0 Å². The van der Waals surface area contributed by atoms with Crippen LogP contribution in [0.15, 0.2) is 6.07 Å². The highest BCUT2D eigenvalue weighted by molar-refractivity contribution is 7.14. The van der Waals surface area contributed by atoms with Crippen molar-refractivity contribution in [2.24, 2.45) is 11.7 Å². The molecule has 2 rings (SSSR count). The predicted molar refractivity (Wildman–Crippen MR) is 77.7 cm³/mol. The summed E-state index contributed by atoms with van der Waals surface area (Å²) in [5.41, 5.74) is 6.21. The summed E-state index contributed by atoms with van der Waals surface area (Å²) in [6.07, 6.45) is 3.10. The highest BCUT2D eigenvalue weighted by Gasteiger charge is 2.22. The summed E-state index contributed by atoms with van der Waals surface area (Å²) < 4.78 is 0. The van der Waals surface area contributed by atoms with Gasteiger partial charge in [-0.25, -0.2) is 0 Å². The number of thiophene rings is 1. The Hall–Kier alpha value is -1.40. The minimum Gasteiger partial charge on any atom is -0.381 e. The monoisotopic (exact) mass is 296 g/mol. The number of aryl methyl sites for hydroxylation is 1. The van der Waals surface area contributed by atoms with E-state index in [0.29, 0.717) is 10.8 Å². The summed E-state index contributed by atoms with van der Waals surface area (Å²) in [5.74, 6) is -0.371. The fourth-order valence-electron chi connectivity index (χ4n) is 2.44. The zero-order valence-electron chi connectivity index (χ0n) is 11.5. The number of nitrogens with one attached hydrogen (secondary N) is 1. The van der Waals surface area contributed by atoms with Crippen LogP contribution in [0.3, 0.4) is 0 Å². The van der Waals surface area contributed by atoms with E-state index in [1.165, 1.54) is 34.6 Å². The van der Waals surface area contributed by atoms with Crippen LogP contribution in [0.25, 0.3) is 0 Å². The molecule has 0 bridgehead atoms. The number of carbonyl (C=O) groups is 2. The Morgan fingerprint density at radius 1 is 1.60 bits per heavy atom. The summed E-state index contributed by atoms with van der Waals surface area (Å²) in [6, 6.07) is 1.94. The van der Waals surface area contributed by atoms with Gasteiger partial charge in [-0.2, -0.15) is 0 Å². The number of carbonyl (C=O) groups excluding carboxylic acids is 2. The number of amides is 2. The Bertz CT molecular complexity index is 513. The summed E-state index contributed by atoms with van der Waals surface area (Å²) in [4.78, 5) is 24.6. The van der Waals surface area contributed by atoms with Crippen molar-refractivity contribution in [1.82, 2.24) is 5.32 Å². The molecule has 0 radical (unpaired) electrons. The molecule has 6 heteroatoms. The molecule has 1 heterocycles. The molecule has 1 aliphatic carbocycles. The third-order valence-corrected chi connectivity index (χ3v) is 5.01. The highest BCUT2D eigenvalue weighted by Crippen LogP contribution is 2.33. The first-order valence-corrected chi connectivity index (χ1v) is 7.70. The van der Waals surface area contributed by atoms with E-state index in [1.807, 2.05) is 6.07 Å². The second kappa shape index (κ2) is 6.37. The first-order valence-electron chi connectivity index (χ1n) is 6.88. The van der Waals surface area contributed by atoms with Crippen molar-refractivity contribution in [2.45, 2.75) is 38.7 Å². The van der Waals surface area contributed by atoms with Crippen LogP contribution in [0.5, 0.6) is 0 Å². The summed E-state index contributed by atoms with van der Waals surface area (Å²) in [6.45, 7) is 2.05. The summed E-state index contributed by atoms with van der Waals surface area (Å²) >= 11 is 1.51. The Kier molecular flexibility index (Phi) is 4.77. The lowest BCUT2D eigenvalue weighted by Gasteiger charge is -2.19. The number of aliphatic hydroxyl groups excluding tert-OH is 1. The Labute approximate surface area is 122 Å². The largest absolute Gasteiger partial charge is 0.381 e. The van der Waals surface area contributed by atoms with Crippen molar-refractivity contribution < 1.29 is 14.7 Å². The van der Waals surface area contributed by atoms with Crippen LogP contribution < -0.4 is 11.1 Å². The zero-order valence-corrected chi connectivity index (χ0v) is 12.3. The van der Waals surface area contributed by atoms with E-state index >= 15 is 0 Å². The summed E-state index contributed by atoms with van der Waals surface area (Å²) in [7, 11) is 0. The smallest absolute Gasteiger partial charge is 0.261 e. The highest BCUT2D eigenvalue weighted by atomic mass is 32.1. The van der Waals surface area contributed by atoms with Crippen LogP contribution >= 0.6 is 11.3 Å².